The van der Waals surface area contributed by atoms with Crippen LogP contribution in [-0.4, -0.2) is 0 Å². The first kappa shape index (κ1) is 12.6. The molecule has 0 bridgehead atoms. The predicted octanol–water partition coefficient (Wildman–Crippen LogP) is 5.95. The van der Waals surface area contributed by atoms with E-state index in [0.717, 1.165) is 5.02 Å². The molecule has 0 atom stereocenters. The predicted molar refractivity (Wildman–Crippen MR) is 84.3 cm³/mol. The summed E-state index contributed by atoms with van der Waals surface area (Å²) in [6.07, 6.45) is 0. The highest BCUT2D eigenvalue weighted by molar-refractivity contribution is 7.99. The van der Waals surface area contributed by atoms with Crippen LogP contribution in [0, 0.1) is 6.92 Å². The third kappa shape index (κ3) is 2.78. The van der Waals surface area contributed by atoms with E-state index >= 15 is 0 Å². The number of rotatable bonds is 2. The van der Waals surface area contributed by atoms with Crippen LogP contribution >= 0.6 is 23.4 Å². The Kier molecular flexibility index (Phi) is 3.50. The molecule has 0 saturated heterocycles. The lowest BCUT2D eigenvalue weighted by atomic mass is 10.1. The van der Waals surface area contributed by atoms with E-state index in [-0.39, 0.29) is 0 Å². The summed E-state index contributed by atoms with van der Waals surface area (Å²) in [5.74, 6) is 0. The maximum Gasteiger partial charge on any atom is 0.0419 e. The van der Waals surface area contributed by atoms with Crippen molar-refractivity contribution in [3.63, 3.8) is 0 Å². The topological polar surface area (TPSA) is 0 Å². The molecule has 0 aliphatic heterocycles. The summed E-state index contributed by atoms with van der Waals surface area (Å²) >= 11 is 7.88. The van der Waals surface area contributed by atoms with E-state index in [1.54, 1.807) is 11.8 Å². The van der Waals surface area contributed by atoms with Gasteiger partial charge in [0.1, 0.15) is 0 Å². The highest BCUT2D eigenvalue weighted by Gasteiger charge is 2.04. The number of benzene rings is 3. The second-order valence-electron chi connectivity index (χ2n) is 4.54. The fraction of sp³-hybridized carbons (Fsp3) is 0.0588. The molecular formula is C17H13ClS. The van der Waals surface area contributed by atoms with Crippen molar-refractivity contribution in [1.82, 2.24) is 0 Å². The Morgan fingerprint density at radius 1 is 0.895 bits per heavy atom. The lowest BCUT2D eigenvalue weighted by molar-refractivity contribution is 1.35. The fourth-order valence-corrected chi connectivity index (χ4v) is 3.65. The average molecular weight is 285 g/mol. The van der Waals surface area contributed by atoms with Crippen LogP contribution in [0.3, 0.4) is 0 Å². The maximum atomic E-state index is 6.12. The molecule has 0 N–H and O–H groups in total. The third-order valence-corrected chi connectivity index (χ3v) is 4.26. The van der Waals surface area contributed by atoms with Gasteiger partial charge in [0, 0.05) is 14.8 Å². The summed E-state index contributed by atoms with van der Waals surface area (Å²) in [6, 6.07) is 21.0. The van der Waals surface area contributed by atoms with Gasteiger partial charge in [0.25, 0.3) is 0 Å². The van der Waals surface area contributed by atoms with Crippen molar-refractivity contribution in [2.75, 3.05) is 0 Å². The molecule has 19 heavy (non-hydrogen) atoms. The molecule has 0 radical (unpaired) electrons. The number of aryl methyl sites for hydroxylation is 1. The van der Waals surface area contributed by atoms with Crippen LogP contribution in [0.1, 0.15) is 5.56 Å². The molecule has 0 unspecified atom stereocenters. The second-order valence-corrected chi connectivity index (χ2v) is 6.10. The highest BCUT2D eigenvalue weighted by atomic mass is 35.5. The first-order valence-corrected chi connectivity index (χ1v) is 7.35. The summed E-state index contributed by atoms with van der Waals surface area (Å²) in [5.41, 5.74) is 1.19. The van der Waals surface area contributed by atoms with Crippen LogP contribution in [-0.2, 0) is 0 Å². The van der Waals surface area contributed by atoms with Crippen molar-refractivity contribution in [3.8, 4) is 0 Å². The summed E-state index contributed by atoms with van der Waals surface area (Å²) in [4.78, 5) is 2.45. The van der Waals surface area contributed by atoms with Gasteiger partial charge in [-0.2, -0.15) is 0 Å². The van der Waals surface area contributed by atoms with Gasteiger partial charge in [-0.3, -0.25) is 0 Å². The van der Waals surface area contributed by atoms with Crippen LogP contribution in [0.2, 0.25) is 5.02 Å². The quantitative estimate of drug-likeness (QED) is 0.560. The molecule has 94 valence electrons. The molecule has 0 aliphatic carbocycles. The van der Waals surface area contributed by atoms with Gasteiger partial charge in [0.15, 0.2) is 0 Å². The number of fused-ring (bicyclic) bond motifs is 1. The largest absolute Gasteiger partial charge is 0.0894 e. The maximum absolute atomic E-state index is 6.12. The van der Waals surface area contributed by atoms with Crippen LogP contribution < -0.4 is 0 Å². The molecule has 3 rings (SSSR count). The zero-order valence-corrected chi connectivity index (χ0v) is 12.1. The van der Waals surface area contributed by atoms with Crippen LogP contribution in [0.5, 0.6) is 0 Å². The van der Waals surface area contributed by atoms with Crippen LogP contribution in [0.4, 0.5) is 0 Å². The molecule has 0 nitrogen and oxygen atoms in total. The molecule has 0 amide bonds. The Hall–Kier alpha value is -1.44. The SMILES string of the molecule is Cc1cc(Cl)cc(Sc2cccc3ccccc23)c1. The van der Waals surface area contributed by atoms with Crippen LogP contribution in [0.15, 0.2) is 70.5 Å². The standard InChI is InChI=1S/C17H13ClS/c1-12-9-14(18)11-15(10-12)19-17-8-4-6-13-5-2-3-7-16(13)17/h2-11H,1H3. The fourth-order valence-electron chi connectivity index (χ4n) is 2.17. The molecule has 0 aromatic heterocycles. The van der Waals surface area contributed by atoms with E-state index in [9.17, 15) is 0 Å². The van der Waals surface area contributed by atoms with Crippen molar-refractivity contribution in [2.45, 2.75) is 16.7 Å². The van der Waals surface area contributed by atoms with Gasteiger partial charge in [-0.05, 0) is 47.5 Å². The zero-order chi connectivity index (χ0) is 13.2. The Labute approximate surface area is 122 Å². The normalized spacial score (nSPS) is 10.8. The van der Waals surface area contributed by atoms with E-state index in [2.05, 4.69) is 55.5 Å². The summed E-state index contributed by atoms with van der Waals surface area (Å²) in [5, 5.41) is 3.35. The Bertz CT molecular complexity index is 709. The minimum Gasteiger partial charge on any atom is -0.0894 e. The van der Waals surface area contributed by atoms with Crippen LogP contribution in [0.25, 0.3) is 10.8 Å². The van der Waals surface area contributed by atoms with Gasteiger partial charge in [-0.25, -0.2) is 0 Å². The van der Waals surface area contributed by atoms with Crippen molar-refractivity contribution in [2.24, 2.45) is 0 Å². The van der Waals surface area contributed by atoms with Gasteiger partial charge in [-0.15, -0.1) is 0 Å². The molecule has 0 spiro atoms. The van der Waals surface area contributed by atoms with E-state index in [1.807, 2.05) is 12.1 Å². The molecule has 0 aliphatic rings. The van der Waals surface area contributed by atoms with Gasteiger partial charge in [0.2, 0.25) is 0 Å². The number of hydrogen-bond acceptors (Lipinski definition) is 1. The molecule has 3 aromatic carbocycles. The van der Waals surface area contributed by atoms with Crippen molar-refractivity contribution in [3.05, 3.63) is 71.2 Å². The van der Waals surface area contributed by atoms with Crippen molar-refractivity contribution in [1.29, 1.82) is 0 Å². The van der Waals surface area contributed by atoms with Gasteiger partial charge in [0.05, 0.1) is 0 Å². The van der Waals surface area contributed by atoms with E-state index in [4.69, 9.17) is 11.6 Å². The zero-order valence-electron chi connectivity index (χ0n) is 10.6. The molecule has 0 heterocycles. The third-order valence-electron chi connectivity index (χ3n) is 2.99. The van der Waals surface area contributed by atoms with Gasteiger partial charge < -0.3 is 0 Å². The molecule has 0 saturated carbocycles. The molecular weight excluding hydrogens is 272 g/mol. The average Bonchev–Trinajstić information content (AvgIpc) is 2.38. The summed E-state index contributed by atoms with van der Waals surface area (Å²) < 4.78 is 0. The summed E-state index contributed by atoms with van der Waals surface area (Å²) in [6.45, 7) is 2.07. The lowest BCUT2D eigenvalue weighted by Crippen LogP contribution is -1.80. The first-order chi connectivity index (χ1) is 9.22. The van der Waals surface area contributed by atoms with E-state index in [1.165, 1.54) is 26.1 Å². The second kappa shape index (κ2) is 5.28. The van der Waals surface area contributed by atoms with E-state index < -0.39 is 0 Å². The monoisotopic (exact) mass is 284 g/mol. The first-order valence-electron chi connectivity index (χ1n) is 6.15. The smallest absolute Gasteiger partial charge is 0.0419 e. The molecule has 0 fully saturated rings. The Balaban J connectivity index is 2.05. The van der Waals surface area contributed by atoms with E-state index in [0.29, 0.717) is 0 Å². The minimum atomic E-state index is 0.794. The molecule has 3 aromatic rings. The Morgan fingerprint density at radius 2 is 1.68 bits per heavy atom. The Morgan fingerprint density at radius 3 is 2.53 bits per heavy atom. The number of hydrogen-bond donors (Lipinski definition) is 0. The molecule has 2 heteroatoms. The lowest BCUT2D eigenvalue weighted by Gasteiger charge is -2.07. The summed E-state index contributed by atoms with van der Waals surface area (Å²) in [7, 11) is 0. The van der Waals surface area contributed by atoms with Gasteiger partial charge >= 0.3 is 0 Å². The number of halogens is 1. The van der Waals surface area contributed by atoms with Gasteiger partial charge in [-0.1, -0.05) is 59.8 Å². The minimum absolute atomic E-state index is 0.794. The highest BCUT2D eigenvalue weighted by Crippen LogP contribution is 2.34. The van der Waals surface area contributed by atoms with Crippen molar-refractivity contribution >= 4 is 34.1 Å². The van der Waals surface area contributed by atoms with Crippen molar-refractivity contribution < 1.29 is 0 Å².